The number of piperidine rings is 1. The van der Waals surface area contributed by atoms with Gasteiger partial charge in [0.05, 0.1) is 11.0 Å². The Balaban J connectivity index is 1.58. The summed E-state index contributed by atoms with van der Waals surface area (Å²) in [7, 11) is -3.35. The molecule has 1 aromatic heterocycles. The van der Waals surface area contributed by atoms with Crippen LogP contribution in [0.3, 0.4) is 0 Å². The molecule has 2 aromatic rings. The summed E-state index contributed by atoms with van der Waals surface area (Å²) in [5.74, 6) is -0.740. The lowest BCUT2D eigenvalue weighted by Crippen LogP contribution is -2.38. The average molecular weight is 418 g/mol. The molecule has 1 aliphatic rings. The average Bonchev–Trinajstić information content (AvgIpc) is 3.12. The summed E-state index contributed by atoms with van der Waals surface area (Å²) in [4.78, 5) is 5.15. The lowest BCUT2D eigenvalue weighted by molar-refractivity contribution is -0.146. The van der Waals surface area contributed by atoms with E-state index >= 15 is 0 Å². The first-order chi connectivity index (χ1) is 13.0. The Morgan fingerprint density at radius 2 is 2.00 bits per heavy atom. The van der Waals surface area contributed by atoms with Gasteiger partial charge in [-0.15, -0.1) is 0 Å². The normalized spacial score (nSPS) is 17.5. The largest absolute Gasteiger partial charge is 0.490 e. The number of sulfone groups is 1. The van der Waals surface area contributed by atoms with Crippen molar-refractivity contribution in [1.29, 1.82) is 0 Å². The number of hydrogen-bond donors (Lipinski definition) is 0. The Kier molecular flexibility index (Phi) is 5.55. The number of hydrogen-bond acceptors (Lipinski definition) is 7. The molecule has 0 N–H and O–H groups in total. The van der Waals surface area contributed by atoms with Crippen molar-refractivity contribution in [2.24, 2.45) is 5.92 Å². The highest BCUT2D eigenvalue weighted by atomic mass is 32.2. The van der Waals surface area contributed by atoms with Crippen LogP contribution < -0.4 is 9.64 Å². The van der Waals surface area contributed by atoms with Crippen LogP contribution in [0.2, 0.25) is 0 Å². The minimum absolute atomic E-state index is 0.129. The molecule has 28 heavy (non-hydrogen) atoms. The third kappa shape index (κ3) is 4.75. The van der Waals surface area contributed by atoms with Crippen molar-refractivity contribution in [3.63, 3.8) is 0 Å². The van der Waals surface area contributed by atoms with Crippen molar-refractivity contribution in [2.45, 2.75) is 36.9 Å². The van der Waals surface area contributed by atoms with Crippen molar-refractivity contribution in [3.05, 3.63) is 30.1 Å². The van der Waals surface area contributed by atoms with Gasteiger partial charge in [0, 0.05) is 19.3 Å². The molecule has 1 fully saturated rings. The Morgan fingerprint density at radius 1 is 1.32 bits per heavy atom. The number of aromatic nitrogens is 2. The zero-order chi connectivity index (χ0) is 20.5. The number of benzene rings is 1. The van der Waals surface area contributed by atoms with Gasteiger partial charge >= 0.3 is 12.2 Å². The molecule has 2 heterocycles. The van der Waals surface area contributed by atoms with E-state index in [9.17, 15) is 21.6 Å². The number of alkyl halides is 3. The maximum absolute atomic E-state index is 12.6. The lowest BCUT2D eigenvalue weighted by atomic mass is 9.92. The van der Waals surface area contributed by atoms with E-state index in [0.717, 1.165) is 6.26 Å². The molecule has 0 bridgehead atoms. The van der Waals surface area contributed by atoms with Crippen LogP contribution in [0.1, 0.15) is 25.6 Å². The van der Waals surface area contributed by atoms with Gasteiger partial charge in [0.2, 0.25) is 0 Å². The zero-order valence-corrected chi connectivity index (χ0v) is 16.0. The first-order valence-corrected chi connectivity index (χ1v) is 10.5. The van der Waals surface area contributed by atoms with Gasteiger partial charge in [-0.1, -0.05) is 0 Å². The van der Waals surface area contributed by atoms with Crippen LogP contribution in [0, 0.1) is 12.0 Å². The topological polar surface area (TPSA) is 85.5 Å². The molecule has 0 amide bonds. The van der Waals surface area contributed by atoms with E-state index in [0.29, 0.717) is 31.7 Å². The number of halogens is 3. The molecule has 1 aromatic carbocycles. The van der Waals surface area contributed by atoms with Gasteiger partial charge in [0.25, 0.3) is 5.82 Å². The second-order valence-corrected chi connectivity index (χ2v) is 8.74. The summed E-state index contributed by atoms with van der Waals surface area (Å²) in [5, 5.41) is 2.97. The Morgan fingerprint density at radius 3 is 2.57 bits per heavy atom. The fourth-order valence-electron chi connectivity index (χ4n) is 3.04. The van der Waals surface area contributed by atoms with Crippen LogP contribution in [-0.2, 0) is 16.0 Å². The van der Waals surface area contributed by atoms with E-state index in [2.05, 4.69) is 16.2 Å². The maximum Gasteiger partial charge on any atom is 0.455 e. The third-order valence-corrected chi connectivity index (χ3v) is 5.72. The predicted molar refractivity (Wildman–Crippen MR) is 92.7 cm³/mol. The van der Waals surface area contributed by atoms with Crippen LogP contribution in [0.15, 0.2) is 27.6 Å². The summed E-state index contributed by atoms with van der Waals surface area (Å²) in [6, 6.07) is 7.01. The number of ether oxygens (including phenoxy) is 1. The molecule has 1 saturated heterocycles. The summed E-state index contributed by atoms with van der Waals surface area (Å²) in [5.41, 5.74) is 0. The van der Waals surface area contributed by atoms with E-state index in [1.807, 2.05) is 6.92 Å². The Bertz CT molecular complexity index is 922. The molecule has 0 saturated carbocycles. The van der Waals surface area contributed by atoms with Crippen molar-refractivity contribution in [1.82, 2.24) is 10.1 Å². The summed E-state index contributed by atoms with van der Waals surface area (Å²) >= 11 is 0. The molecule has 3 rings (SSSR count). The van der Waals surface area contributed by atoms with Crippen molar-refractivity contribution in [3.8, 4) is 5.75 Å². The minimum Gasteiger partial charge on any atom is -0.490 e. The molecular formula is C17H19F3N3O4S. The van der Waals surface area contributed by atoms with Gasteiger partial charge in [0.1, 0.15) is 5.75 Å². The molecule has 7 nitrogen and oxygen atoms in total. The highest BCUT2D eigenvalue weighted by Gasteiger charge is 2.38. The molecule has 1 atom stereocenters. The second kappa shape index (κ2) is 7.61. The SMILES string of the molecule is C[C@H](Oc1c[c]cc(S(C)(=O)=O)c1)C1CCN(c2nc(C(F)(F)F)no2)CC1. The molecule has 0 aliphatic carbocycles. The van der Waals surface area contributed by atoms with Gasteiger partial charge in [-0.05, 0) is 55.1 Å². The van der Waals surface area contributed by atoms with Crippen molar-refractivity contribution in [2.75, 3.05) is 24.2 Å². The second-order valence-electron chi connectivity index (χ2n) is 6.72. The fourth-order valence-corrected chi connectivity index (χ4v) is 3.65. The number of nitrogens with zero attached hydrogens (tertiary/aromatic N) is 3. The van der Waals surface area contributed by atoms with Gasteiger partial charge in [-0.2, -0.15) is 18.2 Å². The highest BCUT2D eigenvalue weighted by Crippen LogP contribution is 2.31. The number of rotatable bonds is 5. The third-order valence-electron chi connectivity index (χ3n) is 4.63. The zero-order valence-electron chi connectivity index (χ0n) is 15.2. The Hall–Kier alpha value is -2.30. The standard InChI is InChI=1S/C17H19F3N3O4S/c1-11(26-13-4-3-5-14(10-13)28(2,24)25)12-6-8-23(9-7-12)16-21-15(22-27-16)17(18,19)20/h4-5,10-12H,6-9H2,1-2H3/t11-/m0/s1. The van der Waals surface area contributed by atoms with Crippen LogP contribution in [0.4, 0.5) is 19.2 Å². The van der Waals surface area contributed by atoms with E-state index in [4.69, 9.17) is 9.26 Å². The fraction of sp³-hybridized carbons (Fsp3) is 0.529. The molecule has 0 unspecified atom stereocenters. The van der Waals surface area contributed by atoms with E-state index < -0.39 is 21.8 Å². The first kappa shape index (κ1) is 20.4. The summed E-state index contributed by atoms with van der Waals surface area (Å²) < 4.78 is 71.6. The monoisotopic (exact) mass is 418 g/mol. The lowest BCUT2D eigenvalue weighted by Gasteiger charge is -2.33. The molecule has 1 radical (unpaired) electrons. The van der Waals surface area contributed by atoms with Crippen molar-refractivity contribution >= 4 is 15.9 Å². The summed E-state index contributed by atoms with van der Waals surface area (Å²) in [6.45, 7) is 2.78. The van der Waals surface area contributed by atoms with E-state index in [-0.39, 0.29) is 22.9 Å². The minimum atomic E-state index is -4.64. The van der Waals surface area contributed by atoms with E-state index in [1.54, 1.807) is 11.0 Å². The molecular weight excluding hydrogens is 399 g/mol. The van der Waals surface area contributed by atoms with Gasteiger partial charge in [-0.3, -0.25) is 0 Å². The molecule has 0 spiro atoms. The molecule has 11 heteroatoms. The highest BCUT2D eigenvalue weighted by molar-refractivity contribution is 7.90. The van der Waals surface area contributed by atoms with E-state index in [1.165, 1.54) is 12.1 Å². The van der Waals surface area contributed by atoms with Gasteiger partial charge in [-0.25, -0.2) is 8.42 Å². The Labute approximate surface area is 160 Å². The molecule has 1 aliphatic heterocycles. The predicted octanol–water partition coefficient (Wildman–Crippen LogP) is 2.98. The van der Waals surface area contributed by atoms with Gasteiger partial charge in [0.15, 0.2) is 9.84 Å². The quantitative estimate of drug-likeness (QED) is 0.738. The van der Waals surface area contributed by atoms with Crippen LogP contribution in [0.25, 0.3) is 0 Å². The number of anilines is 1. The smallest absolute Gasteiger partial charge is 0.455 e. The van der Waals surface area contributed by atoms with Crippen LogP contribution >= 0.6 is 0 Å². The van der Waals surface area contributed by atoms with Crippen LogP contribution in [0.5, 0.6) is 5.75 Å². The molecule has 153 valence electrons. The first-order valence-electron chi connectivity index (χ1n) is 8.58. The summed E-state index contributed by atoms with van der Waals surface area (Å²) in [6.07, 6.45) is -2.43. The van der Waals surface area contributed by atoms with Crippen LogP contribution in [-0.4, -0.2) is 44.0 Å². The van der Waals surface area contributed by atoms with Gasteiger partial charge < -0.3 is 14.2 Å². The van der Waals surface area contributed by atoms with Crippen molar-refractivity contribution < 1.29 is 30.8 Å². The maximum atomic E-state index is 12.6.